The molecule has 0 amide bonds. The molecule has 16 atom stereocenters. The molecule has 0 aromatic heterocycles. The Morgan fingerprint density at radius 3 is 2.26 bits per heavy atom. The Hall–Kier alpha value is -3.29. The Morgan fingerprint density at radius 2 is 1.67 bits per heavy atom. The molecule has 3 aliphatic heterocycles. The number of ether oxygens (including phenoxy) is 9. The minimum Gasteiger partial charge on any atom is -0.462 e. The van der Waals surface area contributed by atoms with Gasteiger partial charge in [0.15, 0.2) is 18.7 Å². The summed E-state index contributed by atoms with van der Waals surface area (Å²) in [4.78, 5) is 65.1. The van der Waals surface area contributed by atoms with Crippen LogP contribution in [0.15, 0.2) is 24.3 Å². The van der Waals surface area contributed by atoms with Crippen LogP contribution >= 0.6 is 0 Å². The second-order valence-corrected chi connectivity index (χ2v) is 16.9. The molecule has 2 unspecified atom stereocenters. The lowest BCUT2D eigenvalue weighted by Crippen LogP contribution is -2.66. The summed E-state index contributed by atoms with van der Waals surface area (Å²) in [6.07, 6.45) is -3.29. The predicted octanol–water partition coefficient (Wildman–Crippen LogP) is 3.73. The molecule has 17 nitrogen and oxygen atoms in total. The molecule has 0 saturated carbocycles. The fraction of sp³-hybridized carbons (Fsp3) is 0.795. The van der Waals surface area contributed by atoms with Gasteiger partial charge in [0.25, 0.3) is 0 Å². The van der Waals surface area contributed by atoms with Crippen LogP contribution < -0.4 is 0 Å². The number of hydrogen-bond donors (Lipinski definition) is 2. The zero-order valence-electron chi connectivity index (χ0n) is 37.8. The number of methoxy groups -OCH3 is 1. The first kappa shape index (κ1) is 52.1. The first-order valence-corrected chi connectivity index (χ1v) is 21.5. The van der Waals surface area contributed by atoms with Gasteiger partial charge in [-0.2, -0.15) is 0 Å². The third-order valence-electron chi connectivity index (χ3n) is 11.3. The van der Waals surface area contributed by atoms with Crippen LogP contribution in [0.1, 0.15) is 107 Å². The Balaban J connectivity index is 2.04. The third-order valence-corrected chi connectivity index (χ3v) is 11.3. The fourth-order valence-electron chi connectivity index (χ4n) is 8.34. The van der Waals surface area contributed by atoms with Gasteiger partial charge < -0.3 is 62.5 Å². The van der Waals surface area contributed by atoms with Gasteiger partial charge in [-0.15, -0.1) is 0 Å². The summed E-state index contributed by atoms with van der Waals surface area (Å²) in [5.41, 5.74) is -1.50. The Kier molecular flexibility index (Phi) is 20.9. The topological polar surface area (TPSA) is 212 Å². The van der Waals surface area contributed by atoms with Crippen molar-refractivity contribution >= 4 is 30.2 Å². The molecule has 2 saturated heterocycles. The lowest BCUT2D eigenvalue weighted by molar-refractivity contribution is -0.344. The van der Waals surface area contributed by atoms with Crippen molar-refractivity contribution in [2.45, 2.75) is 192 Å². The number of aliphatic hydroxyl groups is 2. The fourth-order valence-corrected chi connectivity index (χ4v) is 8.34. The summed E-state index contributed by atoms with van der Waals surface area (Å²) in [6, 6.07) is -0.801. The number of aldehydes is 1. The maximum absolute atomic E-state index is 13.3. The molecular weight excluding hydrogens is 798 g/mol. The van der Waals surface area contributed by atoms with Gasteiger partial charge in [0.1, 0.15) is 48.5 Å². The van der Waals surface area contributed by atoms with Crippen LogP contribution in [-0.2, 0) is 66.6 Å². The predicted molar refractivity (Wildman–Crippen MR) is 219 cm³/mol. The van der Waals surface area contributed by atoms with Gasteiger partial charge >= 0.3 is 23.9 Å². The van der Waals surface area contributed by atoms with Crippen molar-refractivity contribution in [3.63, 3.8) is 0 Å². The number of nitrogens with zero attached hydrogens (tertiary/aromatic N) is 1. The van der Waals surface area contributed by atoms with Gasteiger partial charge in [-0.3, -0.25) is 19.2 Å². The quantitative estimate of drug-likeness (QED) is 0.145. The van der Waals surface area contributed by atoms with E-state index >= 15 is 0 Å². The highest BCUT2D eigenvalue weighted by Crippen LogP contribution is 2.38. The van der Waals surface area contributed by atoms with Crippen LogP contribution in [0.2, 0.25) is 0 Å². The maximum atomic E-state index is 13.3. The van der Waals surface area contributed by atoms with Crippen molar-refractivity contribution in [3.05, 3.63) is 24.3 Å². The maximum Gasteiger partial charge on any atom is 0.309 e. The van der Waals surface area contributed by atoms with Crippen molar-refractivity contribution in [3.8, 4) is 0 Å². The molecule has 348 valence electrons. The summed E-state index contributed by atoms with van der Waals surface area (Å²) in [5, 5.41) is 23.6. The summed E-state index contributed by atoms with van der Waals surface area (Å²) in [5.74, 6) is -3.37. The van der Waals surface area contributed by atoms with Gasteiger partial charge in [0.05, 0.1) is 30.8 Å². The van der Waals surface area contributed by atoms with Gasteiger partial charge in [-0.1, -0.05) is 39.0 Å². The van der Waals surface area contributed by atoms with Gasteiger partial charge in [-0.25, -0.2) is 0 Å². The van der Waals surface area contributed by atoms with Crippen molar-refractivity contribution < 1.29 is 76.8 Å². The number of cyclic esters (lactones) is 1. The van der Waals surface area contributed by atoms with E-state index in [4.69, 9.17) is 42.6 Å². The molecule has 3 rings (SSSR count). The SMILES string of the molecule is CCCC(=O)O[C@H]1[C@H](C)O[C@@H](O[C@H]2[C@H](N(C)C)[C@@H](O)[C@H](O[C@H]3C(CC=O)C[C@@H](C)[C@@H](OC(=O)CC)/C=C/C=C/C[C@@H](C)OC(=O)CC(OC(C)=O)[C@@H]3OC)O[C@@H]2C)C[C@@]1(C)O. The van der Waals surface area contributed by atoms with Crippen molar-refractivity contribution in [1.29, 1.82) is 0 Å². The summed E-state index contributed by atoms with van der Waals surface area (Å²) < 4.78 is 54.6. The Labute approximate surface area is 360 Å². The summed E-state index contributed by atoms with van der Waals surface area (Å²) in [7, 11) is 4.84. The Morgan fingerprint density at radius 1 is 0.967 bits per heavy atom. The van der Waals surface area contributed by atoms with Gasteiger partial charge in [0, 0.05) is 46.1 Å². The van der Waals surface area contributed by atoms with E-state index in [-0.39, 0.29) is 32.1 Å². The third kappa shape index (κ3) is 15.2. The van der Waals surface area contributed by atoms with Crippen molar-refractivity contribution in [2.24, 2.45) is 11.8 Å². The van der Waals surface area contributed by atoms with Crippen molar-refractivity contribution in [1.82, 2.24) is 4.90 Å². The molecule has 0 radical (unpaired) electrons. The normalized spacial score (nSPS) is 39.0. The molecule has 0 bridgehead atoms. The molecule has 2 fully saturated rings. The van der Waals surface area contributed by atoms with E-state index in [1.165, 1.54) is 14.0 Å². The van der Waals surface area contributed by atoms with E-state index in [1.54, 1.807) is 71.8 Å². The van der Waals surface area contributed by atoms with E-state index in [0.717, 1.165) is 0 Å². The number of allylic oxidation sites excluding steroid dienone is 2. The minimum atomic E-state index is -1.50. The number of carbonyl (C=O) groups excluding carboxylic acids is 5. The lowest BCUT2D eigenvalue weighted by atomic mass is 9.82. The van der Waals surface area contributed by atoms with Crippen molar-refractivity contribution in [2.75, 3.05) is 21.2 Å². The number of aliphatic hydroxyl groups excluding tert-OH is 1. The van der Waals surface area contributed by atoms with E-state index in [9.17, 15) is 34.2 Å². The second kappa shape index (κ2) is 24.5. The van der Waals surface area contributed by atoms with E-state index < -0.39 is 127 Å². The first-order chi connectivity index (χ1) is 28.8. The number of carbonyl (C=O) groups is 5. The monoisotopic (exact) mass is 869 g/mol. The number of esters is 4. The zero-order chi connectivity index (χ0) is 45.6. The van der Waals surface area contributed by atoms with Crippen LogP contribution in [0.25, 0.3) is 0 Å². The van der Waals surface area contributed by atoms with Gasteiger partial charge in [0.2, 0.25) is 0 Å². The molecule has 61 heavy (non-hydrogen) atoms. The van der Waals surface area contributed by atoms with Crippen LogP contribution in [0.5, 0.6) is 0 Å². The largest absolute Gasteiger partial charge is 0.462 e. The molecular formula is C44H71NO16. The van der Waals surface area contributed by atoms with Crippen LogP contribution in [0.3, 0.4) is 0 Å². The molecule has 0 spiro atoms. The lowest BCUT2D eigenvalue weighted by Gasteiger charge is -2.50. The molecule has 0 aromatic carbocycles. The standard InChI is InChI=1S/C44H71NO16/c1-12-17-34(49)59-42-28(6)55-36(24-44(42,8)52)60-39-27(5)56-43(38(51)37(39)45(9)10)61-40-30(20-21-46)22-25(3)31(58-33(48)13-2)19-16-14-15-18-26(4)54-35(50)23-32(41(40)53-11)57-29(7)47/h14-16,19,21,25-28,30-32,36-43,51-52H,12-13,17-18,20,22-24H2,1-11H3/b15-14+,19-16+/t25-,26-,27-,28+,30?,31+,32?,36+,37-,38-,39-,40+,41+,42+,43+,44-/m1/s1. The van der Waals surface area contributed by atoms with Crippen LogP contribution in [0.4, 0.5) is 0 Å². The molecule has 3 heterocycles. The molecule has 0 aromatic rings. The number of rotatable bonds is 14. The average Bonchev–Trinajstić information content (AvgIpc) is 3.16. The second-order valence-electron chi connectivity index (χ2n) is 16.9. The highest BCUT2D eigenvalue weighted by molar-refractivity contribution is 5.72. The number of likely N-dealkylation sites (N-methyl/N-ethyl adjacent to an activating group) is 1. The van der Waals surface area contributed by atoms with E-state index in [2.05, 4.69) is 0 Å². The first-order valence-electron chi connectivity index (χ1n) is 21.5. The summed E-state index contributed by atoms with van der Waals surface area (Å²) in [6.45, 7) is 13.3. The molecule has 0 aliphatic carbocycles. The zero-order valence-corrected chi connectivity index (χ0v) is 37.8. The van der Waals surface area contributed by atoms with E-state index in [1.807, 2.05) is 19.9 Å². The smallest absolute Gasteiger partial charge is 0.309 e. The molecule has 3 aliphatic rings. The number of hydrogen-bond acceptors (Lipinski definition) is 17. The summed E-state index contributed by atoms with van der Waals surface area (Å²) >= 11 is 0. The highest BCUT2D eigenvalue weighted by Gasteiger charge is 2.53. The van der Waals surface area contributed by atoms with Crippen LogP contribution in [0, 0.1) is 11.8 Å². The molecule has 2 N–H and O–H groups in total. The molecule has 17 heteroatoms. The minimum absolute atomic E-state index is 0.0528. The average molecular weight is 870 g/mol. The van der Waals surface area contributed by atoms with Crippen LogP contribution in [-0.4, -0.2) is 152 Å². The Bertz CT molecular complexity index is 1480. The van der Waals surface area contributed by atoms with E-state index in [0.29, 0.717) is 19.1 Å². The van der Waals surface area contributed by atoms with Gasteiger partial charge in [-0.05, 0) is 72.5 Å². The highest BCUT2D eigenvalue weighted by atomic mass is 16.7.